The number of carbonyl (C=O) groups is 2. The van der Waals surface area contributed by atoms with E-state index >= 15 is 0 Å². The van der Waals surface area contributed by atoms with Crippen LogP contribution in [0.3, 0.4) is 0 Å². The molecule has 0 amide bonds. The molecular weight excluding hydrogens is 512 g/mol. The molecule has 1 fully saturated rings. The van der Waals surface area contributed by atoms with Crippen molar-refractivity contribution in [2.24, 2.45) is 11.3 Å². The molecule has 4 N–H and O–H groups in total. The lowest BCUT2D eigenvalue weighted by molar-refractivity contribution is -0.142. The predicted molar refractivity (Wildman–Crippen MR) is 142 cm³/mol. The number of para-hydroxylation sites is 2. The van der Waals surface area contributed by atoms with Gasteiger partial charge in [0.25, 0.3) is 0 Å². The number of rotatable bonds is 8. The van der Waals surface area contributed by atoms with Gasteiger partial charge in [-0.3, -0.25) is 9.59 Å². The molecule has 2 aliphatic heterocycles. The van der Waals surface area contributed by atoms with Crippen LogP contribution in [-0.4, -0.2) is 55.4 Å². The van der Waals surface area contributed by atoms with Crippen LogP contribution in [0.1, 0.15) is 30.8 Å². The van der Waals surface area contributed by atoms with E-state index in [-0.39, 0.29) is 16.7 Å². The zero-order chi connectivity index (χ0) is 26.4. The number of aromatic nitrogens is 1. The topological polar surface area (TPSA) is 137 Å². The van der Waals surface area contributed by atoms with Gasteiger partial charge in [-0.05, 0) is 48.6 Å². The van der Waals surface area contributed by atoms with Gasteiger partial charge in [-0.1, -0.05) is 38.1 Å². The van der Waals surface area contributed by atoms with Gasteiger partial charge in [0, 0.05) is 18.9 Å². The van der Waals surface area contributed by atoms with E-state index in [1.165, 1.54) is 17.4 Å². The molecule has 3 atom stereocenters. The Morgan fingerprint density at radius 1 is 1.22 bits per heavy atom. The van der Waals surface area contributed by atoms with Gasteiger partial charge in [-0.25, -0.2) is 18.1 Å². The fourth-order valence-corrected chi connectivity index (χ4v) is 7.66. The second-order valence-corrected chi connectivity index (χ2v) is 13.3. The van der Waals surface area contributed by atoms with Crippen molar-refractivity contribution < 1.29 is 23.1 Å². The number of nitrogens with one attached hydrogen (secondary N) is 3. The SMILES string of the molecule is CC1(C)CNc2c(cccc2S(=O)(=O)N[C@@H](Cc2nc3ccccc3s2)C(=O)C2CCN[C@H]2C(=O)O)C1. The molecule has 37 heavy (non-hydrogen) atoms. The van der Waals surface area contributed by atoms with Crippen LogP contribution >= 0.6 is 11.3 Å². The van der Waals surface area contributed by atoms with Crippen molar-refractivity contribution in [3.8, 4) is 0 Å². The maximum Gasteiger partial charge on any atom is 0.321 e. The number of fused-ring (bicyclic) bond motifs is 2. The molecule has 0 radical (unpaired) electrons. The van der Waals surface area contributed by atoms with E-state index in [4.69, 9.17) is 0 Å². The lowest BCUT2D eigenvalue weighted by Crippen LogP contribution is -2.49. The fraction of sp³-hybridized carbons (Fsp3) is 0.423. The molecule has 2 aromatic carbocycles. The summed E-state index contributed by atoms with van der Waals surface area (Å²) in [5, 5.41) is 16.3. The maximum absolute atomic E-state index is 13.7. The van der Waals surface area contributed by atoms with Gasteiger partial charge >= 0.3 is 5.97 Å². The monoisotopic (exact) mass is 542 g/mol. The number of benzene rings is 2. The van der Waals surface area contributed by atoms with Gasteiger partial charge in [0.1, 0.15) is 10.9 Å². The number of nitrogens with zero attached hydrogens (tertiary/aromatic N) is 1. The first-order valence-corrected chi connectivity index (χ1v) is 14.6. The number of Topliss-reactive ketones (excluding diaryl/α,β-unsaturated/α-hetero) is 1. The second kappa shape index (κ2) is 9.79. The maximum atomic E-state index is 13.7. The van der Waals surface area contributed by atoms with E-state index in [2.05, 4.69) is 34.2 Å². The Labute approximate surface area is 219 Å². The number of hydrogen-bond donors (Lipinski definition) is 4. The standard InChI is InChI=1S/C26H30N4O5S2/c1-26(2)13-15-6-5-9-20(22(15)28-14-26)37(34,35)30-18(24(31)16-10-11-27-23(16)25(32)33)12-21-29-17-7-3-4-8-19(17)36-21/h3-9,16,18,23,27-28,30H,10-14H2,1-2H3,(H,32,33)/t16?,18-,23+/m0/s1. The Bertz CT molecular complexity index is 1430. The summed E-state index contributed by atoms with van der Waals surface area (Å²) in [7, 11) is -4.13. The average molecular weight is 543 g/mol. The molecule has 0 aliphatic carbocycles. The summed E-state index contributed by atoms with van der Waals surface area (Å²) in [4.78, 5) is 30.1. The van der Waals surface area contributed by atoms with Crippen molar-refractivity contribution in [1.29, 1.82) is 0 Å². The number of carboxylic acid groups (broad SMARTS) is 1. The quantitative estimate of drug-likeness (QED) is 0.341. The van der Waals surface area contributed by atoms with Gasteiger partial charge in [0.15, 0.2) is 5.78 Å². The Balaban J connectivity index is 1.49. The summed E-state index contributed by atoms with van der Waals surface area (Å²) in [6.07, 6.45) is 1.09. The lowest BCUT2D eigenvalue weighted by Gasteiger charge is -2.33. The molecule has 11 heteroatoms. The van der Waals surface area contributed by atoms with E-state index in [1.807, 2.05) is 30.3 Å². The number of thiazole rings is 1. The highest BCUT2D eigenvalue weighted by atomic mass is 32.2. The molecular formula is C26H30N4O5S2. The highest BCUT2D eigenvalue weighted by molar-refractivity contribution is 7.89. The Kier molecular flexibility index (Phi) is 6.82. The van der Waals surface area contributed by atoms with Crippen LogP contribution in [0.2, 0.25) is 0 Å². The highest BCUT2D eigenvalue weighted by Crippen LogP contribution is 2.36. The summed E-state index contributed by atoms with van der Waals surface area (Å²) < 4.78 is 31.0. The van der Waals surface area contributed by atoms with Crippen LogP contribution in [-0.2, 0) is 32.5 Å². The second-order valence-electron chi connectivity index (χ2n) is 10.5. The molecule has 2 aliphatic rings. The van der Waals surface area contributed by atoms with Crippen molar-refractivity contribution >= 4 is 49.0 Å². The van der Waals surface area contributed by atoms with Crippen LogP contribution in [0.25, 0.3) is 10.2 Å². The summed E-state index contributed by atoms with van der Waals surface area (Å²) in [5.74, 6) is -2.41. The highest BCUT2D eigenvalue weighted by Gasteiger charge is 2.42. The van der Waals surface area contributed by atoms with E-state index in [0.717, 1.165) is 22.2 Å². The van der Waals surface area contributed by atoms with Crippen molar-refractivity contribution in [3.05, 3.63) is 53.0 Å². The van der Waals surface area contributed by atoms with E-state index in [0.29, 0.717) is 30.2 Å². The van der Waals surface area contributed by atoms with Crippen molar-refractivity contribution in [3.63, 3.8) is 0 Å². The average Bonchev–Trinajstić information content (AvgIpc) is 3.49. The number of carbonyl (C=O) groups excluding carboxylic acids is 1. The third kappa shape index (κ3) is 5.26. The van der Waals surface area contributed by atoms with Crippen LogP contribution in [0.15, 0.2) is 47.4 Å². The molecule has 3 heterocycles. The zero-order valence-corrected chi connectivity index (χ0v) is 22.3. The largest absolute Gasteiger partial charge is 0.480 e. The summed E-state index contributed by atoms with van der Waals surface area (Å²) in [5.41, 5.74) is 2.20. The van der Waals surface area contributed by atoms with Gasteiger partial charge < -0.3 is 15.7 Å². The smallest absolute Gasteiger partial charge is 0.321 e. The van der Waals surface area contributed by atoms with Gasteiger partial charge in [-0.2, -0.15) is 0 Å². The number of aliphatic carboxylic acids is 1. The first-order chi connectivity index (χ1) is 17.5. The first kappa shape index (κ1) is 25.8. The summed E-state index contributed by atoms with van der Waals surface area (Å²) in [6, 6.07) is 10.5. The molecule has 0 spiro atoms. The van der Waals surface area contributed by atoms with Crippen molar-refractivity contribution in [2.45, 2.75) is 50.1 Å². The Morgan fingerprint density at radius 2 is 2.00 bits per heavy atom. The third-order valence-electron chi connectivity index (χ3n) is 7.03. The first-order valence-electron chi connectivity index (χ1n) is 12.3. The van der Waals surface area contributed by atoms with Crippen molar-refractivity contribution in [1.82, 2.24) is 15.0 Å². The molecule has 1 aromatic heterocycles. The molecule has 196 valence electrons. The van der Waals surface area contributed by atoms with Crippen molar-refractivity contribution in [2.75, 3.05) is 18.4 Å². The van der Waals surface area contributed by atoms with Crippen LogP contribution in [0, 0.1) is 11.3 Å². The summed E-state index contributed by atoms with van der Waals surface area (Å²) in [6.45, 7) is 5.22. The van der Waals surface area contributed by atoms with Crippen LogP contribution in [0.5, 0.6) is 0 Å². The molecule has 0 bridgehead atoms. The predicted octanol–water partition coefficient (Wildman–Crippen LogP) is 2.81. The minimum Gasteiger partial charge on any atom is -0.480 e. The zero-order valence-electron chi connectivity index (χ0n) is 20.7. The van der Waals surface area contributed by atoms with Crippen LogP contribution < -0.4 is 15.4 Å². The van der Waals surface area contributed by atoms with Crippen LogP contribution in [0.4, 0.5) is 5.69 Å². The number of hydrogen-bond acceptors (Lipinski definition) is 8. The van der Waals surface area contributed by atoms with Gasteiger partial charge in [0.2, 0.25) is 10.0 Å². The molecule has 1 saturated heterocycles. The molecule has 9 nitrogen and oxygen atoms in total. The Hall–Kier alpha value is -2.86. The van der Waals surface area contributed by atoms with E-state index in [9.17, 15) is 23.1 Å². The molecule has 5 rings (SSSR count). The number of carboxylic acids is 1. The number of anilines is 1. The molecule has 1 unspecified atom stereocenters. The number of ketones is 1. The lowest BCUT2D eigenvalue weighted by atomic mass is 9.82. The third-order valence-corrected chi connectivity index (χ3v) is 9.60. The van der Waals surface area contributed by atoms with E-state index in [1.54, 1.807) is 6.07 Å². The number of sulfonamides is 1. The minimum absolute atomic E-state index is 0.0184. The normalized spacial score (nSPS) is 21.8. The fourth-order valence-electron chi connectivity index (χ4n) is 5.21. The summed E-state index contributed by atoms with van der Waals surface area (Å²) >= 11 is 1.39. The van der Waals surface area contributed by atoms with Gasteiger partial charge in [0.05, 0.1) is 27.0 Å². The molecule has 3 aromatic rings. The Morgan fingerprint density at radius 3 is 2.76 bits per heavy atom. The minimum atomic E-state index is -4.13. The van der Waals surface area contributed by atoms with E-state index < -0.39 is 39.8 Å². The molecule has 0 saturated carbocycles. The van der Waals surface area contributed by atoms with Gasteiger partial charge in [-0.15, -0.1) is 11.3 Å².